The molecule has 0 amide bonds. The summed E-state index contributed by atoms with van der Waals surface area (Å²) < 4.78 is 10.1. The van der Waals surface area contributed by atoms with Crippen LogP contribution in [0.1, 0.15) is 17.3 Å². The van der Waals surface area contributed by atoms with Crippen LogP contribution in [0.2, 0.25) is 0 Å². The molecule has 0 aliphatic rings. The van der Waals surface area contributed by atoms with Crippen molar-refractivity contribution >= 4 is 5.97 Å². The lowest BCUT2D eigenvalue weighted by Crippen LogP contribution is -2.06. The number of ether oxygens (including phenoxy) is 1. The third-order valence-electron chi connectivity index (χ3n) is 2.23. The quantitative estimate of drug-likeness (QED) is 0.800. The zero-order chi connectivity index (χ0) is 13.7. The second-order valence-corrected chi connectivity index (χ2v) is 3.82. The van der Waals surface area contributed by atoms with Crippen molar-refractivity contribution < 1.29 is 24.2 Å². The molecule has 7 nitrogen and oxygen atoms in total. The van der Waals surface area contributed by atoms with E-state index in [2.05, 4.69) is 10.2 Å². The van der Waals surface area contributed by atoms with E-state index < -0.39 is 12.6 Å². The molecule has 2 rings (SSSR count). The van der Waals surface area contributed by atoms with Crippen LogP contribution >= 0.6 is 0 Å². The number of phenols is 1. The van der Waals surface area contributed by atoms with Gasteiger partial charge in [0.1, 0.15) is 19.0 Å². The molecule has 2 N–H and O–H groups in total. The molecule has 0 radical (unpaired) electrons. The topological polar surface area (TPSA) is 106 Å². The summed E-state index contributed by atoms with van der Waals surface area (Å²) >= 11 is 0. The van der Waals surface area contributed by atoms with E-state index >= 15 is 0 Å². The van der Waals surface area contributed by atoms with Crippen LogP contribution in [0.4, 0.5) is 0 Å². The number of phenolic OH excluding ortho intramolecular Hbond substituents is 1. The summed E-state index contributed by atoms with van der Waals surface area (Å²) in [6.07, 6.45) is 0.389. The Labute approximate surface area is 108 Å². The molecule has 7 heteroatoms. The third kappa shape index (κ3) is 4.07. The van der Waals surface area contributed by atoms with Gasteiger partial charge in [-0.2, -0.15) is 0 Å². The van der Waals surface area contributed by atoms with Crippen LogP contribution in [0, 0.1) is 0 Å². The van der Waals surface area contributed by atoms with Gasteiger partial charge in [0.15, 0.2) is 0 Å². The highest BCUT2D eigenvalue weighted by Crippen LogP contribution is 2.14. The second-order valence-electron chi connectivity index (χ2n) is 3.82. The molecule has 1 heterocycles. The first-order valence-electron chi connectivity index (χ1n) is 5.52. The fraction of sp³-hybridized carbons (Fsp3) is 0.250. The minimum absolute atomic E-state index is 0.0423. The van der Waals surface area contributed by atoms with Gasteiger partial charge in [-0.05, 0) is 17.7 Å². The maximum Gasteiger partial charge on any atom is 0.329 e. The van der Waals surface area contributed by atoms with Crippen LogP contribution in [0.3, 0.4) is 0 Å². The number of hydrogen-bond acceptors (Lipinski definition) is 6. The van der Waals surface area contributed by atoms with Gasteiger partial charge in [0.25, 0.3) is 0 Å². The summed E-state index contributed by atoms with van der Waals surface area (Å²) in [7, 11) is 0. The van der Waals surface area contributed by atoms with E-state index in [4.69, 9.17) is 14.3 Å². The standard InChI is InChI=1S/C12H12N2O5/c15-9-3-1-2-8(4-9)5-10-13-14-11(19-10)6-18-7-12(16)17/h1-4,15H,5-7H2,(H,16,17). The summed E-state index contributed by atoms with van der Waals surface area (Å²) in [5.74, 6) is -0.294. The van der Waals surface area contributed by atoms with Crippen molar-refractivity contribution in [2.75, 3.05) is 6.61 Å². The van der Waals surface area contributed by atoms with E-state index in [0.29, 0.717) is 12.3 Å². The number of aromatic nitrogens is 2. The molecule has 0 bridgehead atoms. The van der Waals surface area contributed by atoms with Crippen molar-refractivity contribution in [3.8, 4) is 5.75 Å². The Bertz CT molecular complexity index is 567. The lowest BCUT2D eigenvalue weighted by Gasteiger charge is -1.98. The molecule has 0 atom stereocenters. The number of carboxylic acids is 1. The lowest BCUT2D eigenvalue weighted by atomic mass is 10.1. The second kappa shape index (κ2) is 5.96. The van der Waals surface area contributed by atoms with Crippen LogP contribution in [-0.2, 0) is 22.6 Å². The molecule has 0 fully saturated rings. The van der Waals surface area contributed by atoms with Crippen LogP contribution in [0.15, 0.2) is 28.7 Å². The molecular weight excluding hydrogens is 252 g/mol. The highest BCUT2D eigenvalue weighted by molar-refractivity contribution is 5.67. The Balaban J connectivity index is 1.92. The van der Waals surface area contributed by atoms with E-state index in [1.54, 1.807) is 18.2 Å². The van der Waals surface area contributed by atoms with Crippen molar-refractivity contribution in [3.05, 3.63) is 41.6 Å². The predicted octanol–water partition coefficient (Wildman–Crippen LogP) is 0.967. The van der Waals surface area contributed by atoms with Crippen LogP contribution < -0.4 is 0 Å². The average Bonchev–Trinajstić information content (AvgIpc) is 2.76. The highest BCUT2D eigenvalue weighted by atomic mass is 16.5. The Hall–Kier alpha value is -2.41. The number of benzene rings is 1. The van der Waals surface area contributed by atoms with Gasteiger partial charge in [0.05, 0.1) is 6.42 Å². The van der Waals surface area contributed by atoms with Crippen molar-refractivity contribution in [1.29, 1.82) is 0 Å². The Morgan fingerprint density at radius 3 is 2.84 bits per heavy atom. The molecule has 0 spiro atoms. The van der Waals surface area contributed by atoms with Crippen molar-refractivity contribution in [3.63, 3.8) is 0 Å². The Morgan fingerprint density at radius 1 is 1.32 bits per heavy atom. The van der Waals surface area contributed by atoms with E-state index in [-0.39, 0.29) is 18.2 Å². The monoisotopic (exact) mass is 264 g/mol. The van der Waals surface area contributed by atoms with E-state index in [9.17, 15) is 9.90 Å². The number of rotatable bonds is 6. The molecule has 2 aromatic rings. The SMILES string of the molecule is O=C(O)COCc1nnc(Cc2cccc(O)c2)o1. The molecule has 19 heavy (non-hydrogen) atoms. The van der Waals surface area contributed by atoms with Crippen LogP contribution in [0.5, 0.6) is 5.75 Å². The molecule has 0 aliphatic carbocycles. The number of carboxylic acid groups (broad SMARTS) is 1. The summed E-state index contributed by atoms with van der Waals surface area (Å²) in [6, 6.07) is 6.72. The predicted molar refractivity (Wildman–Crippen MR) is 62.5 cm³/mol. The molecule has 1 aromatic heterocycles. The van der Waals surface area contributed by atoms with Gasteiger partial charge < -0.3 is 19.4 Å². The molecular formula is C12H12N2O5. The van der Waals surface area contributed by atoms with Gasteiger partial charge in [-0.3, -0.25) is 0 Å². The normalized spacial score (nSPS) is 10.5. The minimum atomic E-state index is -1.06. The third-order valence-corrected chi connectivity index (χ3v) is 2.23. The summed E-state index contributed by atoms with van der Waals surface area (Å²) in [6.45, 7) is -0.455. The number of carbonyl (C=O) groups is 1. The van der Waals surface area contributed by atoms with Gasteiger partial charge in [-0.1, -0.05) is 12.1 Å². The van der Waals surface area contributed by atoms with Gasteiger partial charge in [-0.15, -0.1) is 10.2 Å². The average molecular weight is 264 g/mol. The van der Waals surface area contributed by atoms with Gasteiger partial charge in [0.2, 0.25) is 11.8 Å². The Kier molecular flexibility index (Phi) is 4.09. The van der Waals surface area contributed by atoms with Crippen LogP contribution in [0.25, 0.3) is 0 Å². The van der Waals surface area contributed by atoms with Crippen molar-refractivity contribution in [2.24, 2.45) is 0 Å². The maximum absolute atomic E-state index is 10.3. The molecule has 0 unspecified atom stereocenters. The smallest absolute Gasteiger partial charge is 0.329 e. The zero-order valence-corrected chi connectivity index (χ0v) is 9.94. The van der Waals surface area contributed by atoms with Crippen molar-refractivity contribution in [1.82, 2.24) is 10.2 Å². The highest BCUT2D eigenvalue weighted by Gasteiger charge is 2.08. The summed E-state index contributed by atoms with van der Waals surface area (Å²) in [4.78, 5) is 10.3. The molecule has 0 saturated carbocycles. The minimum Gasteiger partial charge on any atom is -0.508 e. The fourth-order valence-corrected chi connectivity index (χ4v) is 1.48. The van der Waals surface area contributed by atoms with Gasteiger partial charge in [-0.25, -0.2) is 4.79 Å². The number of nitrogens with zero attached hydrogens (tertiary/aromatic N) is 2. The Morgan fingerprint density at radius 2 is 2.11 bits per heavy atom. The molecule has 1 aromatic carbocycles. The zero-order valence-electron chi connectivity index (χ0n) is 9.94. The maximum atomic E-state index is 10.3. The van der Waals surface area contributed by atoms with Crippen LogP contribution in [-0.4, -0.2) is 33.0 Å². The van der Waals surface area contributed by atoms with E-state index in [1.807, 2.05) is 6.07 Å². The van der Waals surface area contributed by atoms with Gasteiger partial charge >= 0.3 is 5.97 Å². The first kappa shape index (κ1) is 13.0. The van der Waals surface area contributed by atoms with E-state index in [1.165, 1.54) is 0 Å². The first-order valence-corrected chi connectivity index (χ1v) is 5.52. The fourth-order valence-electron chi connectivity index (χ4n) is 1.48. The lowest BCUT2D eigenvalue weighted by molar-refractivity contribution is -0.142. The first-order chi connectivity index (χ1) is 9.13. The number of aliphatic carboxylic acids is 1. The summed E-state index contributed by atoms with van der Waals surface area (Å²) in [5, 5.41) is 25.3. The molecule has 0 aliphatic heterocycles. The number of hydrogen-bond donors (Lipinski definition) is 2. The largest absolute Gasteiger partial charge is 0.508 e. The molecule has 0 saturated heterocycles. The number of aromatic hydroxyl groups is 1. The molecule has 100 valence electrons. The van der Waals surface area contributed by atoms with Crippen molar-refractivity contribution in [2.45, 2.75) is 13.0 Å². The summed E-state index contributed by atoms with van der Waals surface area (Å²) in [5.41, 5.74) is 0.835. The van der Waals surface area contributed by atoms with Gasteiger partial charge in [0, 0.05) is 0 Å². The van der Waals surface area contributed by atoms with E-state index in [0.717, 1.165) is 5.56 Å².